The molecule has 2 aromatic rings. The van der Waals surface area contributed by atoms with Crippen molar-refractivity contribution in [2.45, 2.75) is 23.9 Å². The van der Waals surface area contributed by atoms with Gasteiger partial charge in [0.25, 0.3) is 0 Å². The van der Waals surface area contributed by atoms with Gasteiger partial charge in [-0.3, -0.25) is 4.79 Å². The number of rotatable bonds is 10. The fourth-order valence-corrected chi connectivity index (χ4v) is 4.80. The van der Waals surface area contributed by atoms with E-state index in [2.05, 4.69) is 10.0 Å². The smallest absolute Gasteiger partial charge is 0.241 e. The summed E-state index contributed by atoms with van der Waals surface area (Å²) in [5.74, 6) is 1.74. The molecule has 0 fully saturated rings. The first-order valence-electron chi connectivity index (χ1n) is 9.75. The molecule has 0 spiro atoms. The van der Waals surface area contributed by atoms with Gasteiger partial charge in [-0.15, -0.1) is 0 Å². The summed E-state index contributed by atoms with van der Waals surface area (Å²) in [5, 5.41) is 2.81. The Kier molecular flexibility index (Phi) is 8.05. The van der Waals surface area contributed by atoms with Gasteiger partial charge in [0.1, 0.15) is 25.0 Å². The van der Waals surface area contributed by atoms with Crippen molar-refractivity contribution >= 4 is 27.7 Å². The maximum atomic E-state index is 13.0. The topological polar surface area (TPSA) is 103 Å². The van der Waals surface area contributed by atoms with Crippen LogP contribution in [-0.2, 0) is 21.4 Å². The van der Waals surface area contributed by atoms with Gasteiger partial charge in [-0.2, -0.15) is 16.5 Å². The number of fused-ring (bicyclic) bond motifs is 1. The second kappa shape index (κ2) is 10.7. The molecule has 0 aromatic heterocycles. The molecule has 10 heteroatoms. The van der Waals surface area contributed by atoms with Gasteiger partial charge >= 0.3 is 0 Å². The molecule has 0 bridgehead atoms. The maximum Gasteiger partial charge on any atom is 0.241 e. The fraction of sp³-hybridized carbons (Fsp3) is 0.381. The first kappa shape index (κ1) is 23.2. The molecule has 1 aliphatic rings. The largest absolute Gasteiger partial charge is 0.496 e. The van der Waals surface area contributed by atoms with E-state index in [4.69, 9.17) is 14.2 Å². The number of carbonyl (C=O) groups is 1. The Morgan fingerprint density at radius 1 is 1.16 bits per heavy atom. The summed E-state index contributed by atoms with van der Waals surface area (Å²) in [5.41, 5.74) is 0.802. The standard InChI is InChI=1S/C21H26N2O6S2/c1-27-18-6-4-3-5-15(18)14-22-21(24)17(9-12-30-2)23-31(25,26)16-7-8-19-20(13-16)29-11-10-28-19/h3-8,13,17,23H,9-12,14H2,1-2H3,(H,22,24). The van der Waals surface area contributed by atoms with Crippen LogP contribution in [0, 0.1) is 0 Å². The van der Waals surface area contributed by atoms with Crippen molar-refractivity contribution in [1.82, 2.24) is 10.0 Å². The highest BCUT2D eigenvalue weighted by Gasteiger charge is 2.27. The Hall–Kier alpha value is -2.43. The lowest BCUT2D eigenvalue weighted by atomic mass is 10.2. The van der Waals surface area contributed by atoms with Crippen LogP contribution in [0.15, 0.2) is 47.4 Å². The van der Waals surface area contributed by atoms with Crippen LogP contribution >= 0.6 is 11.8 Å². The number of hydrogen-bond acceptors (Lipinski definition) is 7. The van der Waals surface area contributed by atoms with E-state index in [0.717, 1.165) is 5.56 Å². The molecule has 0 aliphatic carbocycles. The zero-order valence-electron chi connectivity index (χ0n) is 17.4. The Bertz CT molecular complexity index is 1010. The Labute approximate surface area is 186 Å². The molecule has 1 aliphatic heterocycles. The monoisotopic (exact) mass is 466 g/mol. The van der Waals surface area contributed by atoms with Crippen molar-refractivity contribution in [3.63, 3.8) is 0 Å². The van der Waals surface area contributed by atoms with Crippen molar-refractivity contribution in [3.05, 3.63) is 48.0 Å². The number of carbonyl (C=O) groups excluding carboxylic acids is 1. The second-order valence-electron chi connectivity index (χ2n) is 6.79. The number of amides is 1. The van der Waals surface area contributed by atoms with Gasteiger partial charge < -0.3 is 19.5 Å². The van der Waals surface area contributed by atoms with E-state index in [1.165, 1.54) is 23.9 Å². The summed E-state index contributed by atoms with van der Waals surface area (Å²) in [7, 11) is -2.39. The molecule has 1 amide bonds. The van der Waals surface area contributed by atoms with Crippen molar-refractivity contribution in [1.29, 1.82) is 0 Å². The highest BCUT2D eigenvalue weighted by molar-refractivity contribution is 7.98. The van der Waals surface area contributed by atoms with Gasteiger partial charge in [0.2, 0.25) is 15.9 Å². The molecule has 2 aromatic carbocycles. The molecule has 1 atom stereocenters. The van der Waals surface area contributed by atoms with Crippen LogP contribution in [0.2, 0.25) is 0 Å². The molecule has 1 unspecified atom stereocenters. The van der Waals surface area contributed by atoms with Gasteiger partial charge in [0.15, 0.2) is 11.5 Å². The summed E-state index contributed by atoms with van der Waals surface area (Å²) in [6.45, 7) is 0.997. The van der Waals surface area contributed by atoms with Gasteiger partial charge in [-0.1, -0.05) is 18.2 Å². The van der Waals surface area contributed by atoms with Crippen molar-refractivity contribution in [3.8, 4) is 17.2 Å². The van der Waals surface area contributed by atoms with Crippen molar-refractivity contribution < 1.29 is 27.4 Å². The molecule has 1 heterocycles. The van der Waals surface area contributed by atoms with E-state index >= 15 is 0 Å². The minimum atomic E-state index is -3.94. The van der Waals surface area contributed by atoms with Crippen LogP contribution in [0.3, 0.4) is 0 Å². The molecular formula is C21H26N2O6S2. The van der Waals surface area contributed by atoms with Crippen LogP contribution < -0.4 is 24.2 Å². The third-order valence-electron chi connectivity index (χ3n) is 4.69. The first-order valence-corrected chi connectivity index (χ1v) is 12.6. The predicted octanol–water partition coefficient (Wildman–Crippen LogP) is 2.18. The number of benzene rings is 2. The number of para-hydroxylation sites is 1. The first-order chi connectivity index (χ1) is 14.9. The Morgan fingerprint density at radius 3 is 2.65 bits per heavy atom. The number of ether oxygens (including phenoxy) is 3. The van der Waals surface area contributed by atoms with Crippen molar-refractivity contribution in [2.24, 2.45) is 0 Å². The lowest BCUT2D eigenvalue weighted by Gasteiger charge is -2.21. The summed E-state index contributed by atoms with van der Waals surface area (Å²) in [4.78, 5) is 12.8. The predicted molar refractivity (Wildman–Crippen MR) is 119 cm³/mol. The molecule has 2 N–H and O–H groups in total. The van der Waals surface area contributed by atoms with E-state index in [-0.39, 0.29) is 11.4 Å². The fourth-order valence-electron chi connectivity index (χ4n) is 3.08. The molecule has 8 nitrogen and oxygen atoms in total. The van der Waals surface area contributed by atoms with Crippen LogP contribution in [0.4, 0.5) is 0 Å². The Morgan fingerprint density at radius 2 is 1.90 bits per heavy atom. The minimum Gasteiger partial charge on any atom is -0.496 e. The SMILES string of the molecule is COc1ccccc1CNC(=O)C(CCSC)NS(=O)(=O)c1ccc2c(c1)OCCO2. The van der Waals surface area contributed by atoms with E-state index in [9.17, 15) is 13.2 Å². The number of thioether (sulfide) groups is 1. The molecular weight excluding hydrogens is 440 g/mol. The Balaban J connectivity index is 1.73. The summed E-state index contributed by atoms with van der Waals surface area (Å²) in [6.07, 6.45) is 2.25. The highest BCUT2D eigenvalue weighted by atomic mass is 32.2. The number of nitrogens with one attached hydrogen (secondary N) is 2. The number of hydrogen-bond donors (Lipinski definition) is 2. The zero-order valence-corrected chi connectivity index (χ0v) is 19.1. The molecule has 0 radical (unpaired) electrons. The van der Waals surface area contributed by atoms with Gasteiger partial charge in [0.05, 0.1) is 12.0 Å². The van der Waals surface area contributed by atoms with E-state index in [1.54, 1.807) is 19.2 Å². The van der Waals surface area contributed by atoms with Crippen LogP contribution in [0.1, 0.15) is 12.0 Å². The normalized spacial score (nSPS) is 14.0. The maximum absolute atomic E-state index is 13.0. The summed E-state index contributed by atoms with van der Waals surface area (Å²) in [6, 6.07) is 10.8. The minimum absolute atomic E-state index is 0.0171. The molecule has 168 valence electrons. The molecule has 0 saturated heterocycles. The van der Waals surface area contributed by atoms with Gasteiger partial charge in [-0.25, -0.2) is 8.42 Å². The highest BCUT2D eigenvalue weighted by Crippen LogP contribution is 2.32. The lowest BCUT2D eigenvalue weighted by molar-refractivity contribution is -0.122. The summed E-state index contributed by atoms with van der Waals surface area (Å²) < 4.78 is 44.7. The third-order valence-corrected chi connectivity index (χ3v) is 6.81. The average molecular weight is 467 g/mol. The number of methoxy groups -OCH3 is 1. The van der Waals surface area contributed by atoms with E-state index in [0.29, 0.717) is 42.6 Å². The quantitative estimate of drug-likeness (QED) is 0.553. The van der Waals surface area contributed by atoms with Crippen molar-refractivity contribution in [2.75, 3.05) is 32.3 Å². The van der Waals surface area contributed by atoms with Crippen LogP contribution in [-0.4, -0.2) is 52.7 Å². The zero-order chi connectivity index (χ0) is 22.3. The molecule has 31 heavy (non-hydrogen) atoms. The van der Waals surface area contributed by atoms with E-state index < -0.39 is 22.0 Å². The van der Waals surface area contributed by atoms with Gasteiger partial charge in [0, 0.05) is 18.2 Å². The second-order valence-corrected chi connectivity index (χ2v) is 9.49. The van der Waals surface area contributed by atoms with Gasteiger partial charge in [-0.05, 0) is 36.6 Å². The third kappa shape index (κ3) is 6.05. The summed E-state index contributed by atoms with van der Waals surface area (Å²) >= 11 is 1.54. The number of sulfonamides is 1. The lowest BCUT2D eigenvalue weighted by Crippen LogP contribution is -2.46. The average Bonchev–Trinajstić information content (AvgIpc) is 2.79. The van der Waals surface area contributed by atoms with E-state index in [1.807, 2.05) is 24.5 Å². The van der Waals surface area contributed by atoms with Crippen LogP contribution in [0.5, 0.6) is 17.2 Å². The van der Waals surface area contributed by atoms with Crippen LogP contribution in [0.25, 0.3) is 0 Å². The molecule has 3 rings (SSSR count). The molecule has 0 saturated carbocycles.